The molecule has 1 N–H and O–H groups in total. The van der Waals surface area contributed by atoms with E-state index in [1.807, 2.05) is 6.92 Å². The highest BCUT2D eigenvalue weighted by molar-refractivity contribution is 5.45. The molecule has 7 nitrogen and oxygen atoms in total. The van der Waals surface area contributed by atoms with Gasteiger partial charge in [-0.1, -0.05) is 6.92 Å². The van der Waals surface area contributed by atoms with E-state index in [2.05, 4.69) is 10.4 Å². The van der Waals surface area contributed by atoms with Gasteiger partial charge >= 0.3 is 5.69 Å². The number of ether oxygens (including phenoxy) is 1. The predicted molar refractivity (Wildman–Crippen MR) is 70.4 cm³/mol. The van der Waals surface area contributed by atoms with Crippen molar-refractivity contribution >= 4 is 5.69 Å². The van der Waals surface area contributed by atoms with Gasteiger partial charge in [-0.05, 0) is 26.3 Å². The molecule has 0 aromatic carbocycles. The lowest BCUT2D eigenvalue weighted by Gasteiger charge is -2.11. The summed E-state index contributed by atoms with van der Waals surface area (Å²) in [7, 11) is 0. The van der Waals surface area contributed by atoms with Gasteiger partial charge in [0.25, 0.3) is 5.88 Å². The van der Waals surface area contributed by atoms with Crippen LogP contribution in [0.1, 0.15) is 25.5 Å². The van der Waals surface area contributed by atoms with Gasteiger partial charge in [-0.25, -0.2) is 4.68 Å². The van der Waals surface area contributed by atoms with Crippen LogP contribution in [0, 0.1) is 23.0 Å². The first-order chi connectivity index (χ1) is 9.13. The maximum absolute atomic E-state index is 11.1. The van der Waals surface area contributed by atoms with Gasteiger partial charge in [0.1, 0.15) is 5.69 Å². The summed E-state index contributed by atoms with van der Waals surface area (Å²) in [5.74, 6) is 0.723. The van der Waals surface area contributed by atoms with Crippen molar-refractivity contribution in [2.45, 2.75) is 33.2 Å². The first kappa shape index (κ1) is 13.8. The summed E-state index contributed by atoms with van der Waals surface area (Å²) in [6.07, 6.45) is 1.91. The van der Waals surface area contributed by atoms with Gasteiger partial charge in [-0.3, -0.25) is 10.1 Å². The fraction of sp³-hybridized carbons (Fsp3) is 0.750. The number of rotatable bonds is 6. The van der Waals surface area contributed by atoms with Crippen molar-refractivity contribution in [1.29, 1.82) is 0 Å². The molecule has 1 unspecified atom stereocenters. The molecule has 0 spiro atoms. The highest BCUT2D eigenvalue weighted by atomic mass is 16.6. The van der Waals surface area contributed by atoms with E-state index in [1.54, 1.807) is 11.6 Å². The summed E-state index contributed by atoms with van der Waals surface area (Å²) in [6.45, 7) is 6.69. The second-order valence-electron chi connectivity index (χ2n) is 4.89. The molecule has 1 aromatic rings. The van der Waals surface area contributed by atoms with Crippen molar-refractivity contribution in [1.82, 2.24) is 15.1 Å². The van der Waals surface area contributed by atoms with Crippen LogP contribution < -0.4 is 10.1 Å². The van der Waals surface area contributed by atoms with Gasteiger partial charge in [0.2, 0.25) is 0 Å². The number of hydrogen-bond donors (Lipinski definition) is 1. The Hall–Kier alpha value is -1.63. The molecule has 0 radical (unpaired) electrons. The second kappa shape index (κ2) is 6.01. The molecule has 2 rings (SSSR count). The van der Waals surface area contributed by atoms with Gasteiger partial charge in [-0.15, -0.1) is 0 Å². The molecular weight excluding hydrogens is 248 g/mol. The molecule has 106 valence electrons. The Balaban J connectivity index is 2.16. The number of nitro groups is 1. The fourth-order valence-corrected chi connectivity index (χ4v) is 2.32. The van der Waals surface area contributed by atoms with Crippen molar-refractivity contribution in [3.8, 4) is 5.88 Å². The quantitative estimate of drug-likeness (QED) is 0.624. The van der Waals surface area contributed by atoms with Crippen molar-refractivity contribution in [3.05, 3.63) is 15.8 Å². The molecule has 0 bridgehead atoms. The molecule has 19 heavy (non-hydrogen) atoms. The lowest BCUT2D eigenvalue weighted by molar-refractivity contribution is -0.386. The van der Waals surface area contributed by atoms with Crippen LogP contribution in [-0.2, 0) is 6.54 Å². The minimum absolute atomic E-state index is 0.000550. The third kappa shape index (κ3) is 3.04. The molecular formula is C12H20N4O3. The minimum atomic E-state index is -0.406. The summed E-state index contributed by atoms with van der Waals surface area (Å²) in [5, 5.41) is 18.6. The Bertz CT molecular complexity index is 452. The average molecular weight is 268 g/mol. The maximum Gasteiger partial charge on any atom is 0.353 e. The SMILES string of the molecule is CCCn1nc(C)c([N+](=O)[O-])c1OCC1CCNC1. The maximum atomic E-state index is 11.1. The Morgan fingerprint density at radius 1 is 1.63 bits per heavy atom. The molecule has 0 amide bonds. The number of nitrogens with zero attached hydrogens (tertiary/aromatic N) is 3. The monoisotopic (exact) mass is 268 g/mol. The molecule has 1 atom stereocenters. The normalized spacial score (nSPS) is 18.7. The van der Waals surface area contributed by atoms with Gasteiger partial charge in [-0.2, -0.15) is 5.10 Å². The second-order valence-corrected chi connectivity index (χ2v) is 4.89. The summed E-state index contributed by atoms with van der Waals surface area (Å²) in [6, 6.07) is 0. The van der Waals surface area contributed by atoms with E-state index >= 15 is 0 Å². The van der Waals surface area contributed by atoms with Gasteiger partial charge in [0, 0.05) is 19.0 Å². The smallest absolute Gasteiger partial charge is 0.353 e. The Kier molecular flexibility index (Phi) is 4.36. The number of aryl methyl sites for hydroxylation is 2. The Morgan fingerprint density at radius 3 is 3.00 bits per heavy atom. The van der Waals surface area contributed by atoms with Crippen molar-refractivity contribution in [3.63, 3.8) is 0 Å². The van der Waals surface area contributed by atoms with Gasteiger partial charge < -0.3 is 10.1 Å². The van der Waals surface area contributed by atoms with E-state index in [1.165, 1.54) is 0 Å². The topological polar surface area (TPSA) is 82.2 Å². The molecule has 2 heterocycles. The lowest BCUT2D eigenvalue weighted by atomic mass is 10.1. The minimum Gasteiger partial charge on any atom is -0.473 e. The first-order valence-corrected chi connectivity index (χ1v) is 6.68. The summed E-state index contributed by atoms with van der Waals surface area (Å²) >= 11 is 0. The Morgan fingerprint density at radius 2 is 2.42 bits per heavy atom. The van der Waals surface area contributed by atoms with Crippen LogP contribution in [0.3, 0.4) is 0 Å². The van der Waals surface area contributed by atoms with Crippen LogP contribution in [0.4, 0.5) is 5.69 Å². The van der Waals surface area contributed by atoms with Gasteiger partial charge in [0.05, 0.1) is 11.5 Å². The molecule has 1 aliphatic heterocycles. The van der Waals surface area contributed by atoms with E-state index in [9.17, 15) is 10.1 Å². The van der Waals surface area contributed by atoms with E-state index in [0.29, 0.717) is 30.6 Å². The molecule has 1 saturated heterocycles. The van der Waals surface area contributed by atoms with E-state index in [-0.39, 0.29) is 5.69 Å². The van der Waals surface area contributed by atoms with Crippen molar-refractivity contribution in [2.24, 2.45) is 5.92 Å². The zero-order valence-corrected chi connectivity index (χ0v) is 11.4. The van der Waals surface area contributed by atoms with Crippen LogP contribution in [0.2, 0.25) is 0 Å². The van der Waals surface area contributed by atoms with Crippen LogP contribution in [0.5, 0.6) is 5.88 Å². The van der Waals surface area contributed by atoms with E-state index < -0.39 is 4.92 Å². The van der Waals surface area contributed by atoms with Crippen molar-refractivity contribution in [2.75, 3.05) is 19.7 Å². The largest absolute Gasteiger partial charge is 0.473 e. The third-order valence-corrected chi connectivity index (χ3v) is 3.29. The molecule has 1 aliphatic rings. The fourth-order valence-electron chi connectivity index (χ4n) is 2.32. The standard InChI is InChI=1S/C12H20N4O3/c1-3-6-15-12(11(16(17)18)9(2)14-15)19-8-10-4-5-13-7-10/h10,13H,3-8H2,1-2H3. The molecule has 0 aliphatic carbocycles. The molecule has 7 heteroatoms. The third-order valence-electron chi connectivity index (χ3n) is 3.29. The molecule has 1 aromatic heterocycles. The number of hydrogen-bond acceptors (Lipinski definition) is 5. The van der Waals surface area contributed by atoms with Crippen LogP contribution in [0.15, 0.2) is 0 Å². The molecule has 0 saturated carbocycles. The summed E-state index contributed by atoms with van der Waals surface area (Å²) in [4.78, 5) is 10.7. The average Bonchev–Trinajstić information content (AvgIpc) is 2.95. The van der Waals surface area contributed by atoms with E-state index in [4.69, 9.17) is 4.74 Å². The predicted octanol–water partition coefficient (Wildman–Crippen LogP) is 1.50. The Labute approximate surface area is 112 Å². The van der Waals surface area contributed by atoms with Gasteiger partial charge in [0.15, 0.2) is 0 Å². The van der Waals surface area contributed by atoms with Crippen LogP contribution >= 0.6 is 0 Å². The summed E-state index contributed by atoms with van der Waals surface area (Å²) < 4.78 is 7.31. The van der Waals surface area contributed by atoms with Crippen molar-refractivity contribution < 1.29 is 9.66 Å². The number of nitrogens with one attached hydrogen (secondary N) is 1. The first-order valence-electron chi connectivity index (χ1n) is 6.68. The van der Waals surface area contributed by atoms with Crippen LogP contribution in [-0.4, -0.2) is 34.4 Å². The van der Waals surface area contributed by atoms with E-state index in [0.717, 1.165) is 25.9 Å². The highest BCUT2D eigenvalue weighted by Gasteiger charge is 2.28. The lowest BCUT2D eigenvalue weighted by Crippen LogP contribution is -2.17. The van der Waals surface area contributed by atoms with Crippen LogP contribution in [0.25, 0.3) is 0 Å². The summed E-state index contributed by atoms with van der Waals surface area (Å²) in [5.41, 5.74) is 0.414. The molecule has 1 fully saturated rings. The zero-order valence-electron chi connectivity index (χ0n) is 11.4. The highest BCUT2D eigenvalue weighted by Crippen LogP contribution is 2.31. The number of aromatic nitrogens is 2. The zero-order chi connectivity index (χ0) is 13.8.